The topological polar surface area (TPSA) is 40.6 Å². The Bertz CT molecular complexity index is 654. The van der Waals surface area contributed by atoms with E-state index in [9.17, 15) is 9.59 Å². The first-order valence-electron chi connectivity index (χ1n) is 6.03. The van der Waals surface area contributed by atoms with Crippen LogP contribution in [0, 0.1) is 0 Å². The number of hydrogen-bond acceptors (Lipinski definition) is 5. The van der Waals surface area contributed by atoms with Gasteiger partial charge in [-0.25, -0.2) is 0 Å². The zero-order valence-corrected chi connectivity index (χ0v) is 12.5. The predicted octanol–water partition coefficient (Wildman–Crippen LogP) is 3.28. The van der Waals surface area contributed by atoms with Crippen LogP contribution in [0.25, 0.3) is 0 Å². The Balaban J connectivity index is 2.00. The zero-order valence-electron chi connectivity index (χ0n) is 10.8. The van der Waals surface area contributed by atoms with E-state index in [1.54, 1.807) is 6.08 Å². The first-order chi connectivity index (χ1) is 9.63. The summed E-state index contributed by atoms with van der Waals surface area (Å²) < 4.78 is 0. The van der Waals surface area contributed by atoms with E-state index >= 15 is 0 Å². The van der Waals surface area contributed by atoms with Gasteiger partial charge >= 0.3 is 0 Å². The summed E-state index contributed by atoms with van der Waals surface area (Å²) in [6.07, 6.45) is 1.56. The highest BCUT2D eigenvalue weighted by atomic mass is 32.2. The molecule has 0 atom stereocenters. The third-order valence-electron chi connectivity index (χ3n) is 3.09. The molecule has 0 unspecified atom stereocenters. The van der Waals surface area contributed by atoms with E-state index in [0.29, 0.717) is 4.91 Å². The maximum Gasteiger partial charge on any atom is 0.293 e. The van der Waals surface area contributed by atoms with E-state index in [1.165, 1.54) is 16.7 Å². The first-order valence-corrected chi connectivity index (χ1v) is 7.66. The van der Waals surface area contributed by atoms with E-state index in [2.05, 4.69) is 6.58 Å². The number of hydrogen-bond donors (Lipinski definition) is 0. The van der Waals surface area contributed by atoms with Crippen molar-refractivity contribution in [1.29, 1.82) is 0 Å². The van der Waals surface area contributed by atoms with Gasteiger partial charge < -0.3 is 4.90 Å². The van der Waals surface area contributed by atoms with E-state index in [1.807, 2.05) is 36.2 Å². The average molecular weight is 304 g/mol. The van der Waals surface area contributed by atoms with Gasteiger partial charge in [-0.1, -0.05) is 30.0 Å². The number of carbonyl (C=O) groups excluding carboxylic acids is 2. The second-order valence-corrected chi connectivity index (χ2v) is 6.33. The minimum Gasteiger partial charge on any atom is -0.337 e. The molecule has 6 heteroatoms. The molecule has 2 heterocycles. The van der Waals surface area contributed by atoms with Crippen LogP contribution in [-0.2, 0) is 4.79 Å². The zero-order chi connectivity index (χ0) is 14.3. The lowest BCUT2D eigenvalue weighted by Gasteiger charge is -2.14. The van der Waals surface area contributed by atoms with Gasteiger partial charge in [-0.3, -0.25) is 14.5 Å². The molecule has 0 spiro atoms. The van der Waals surface area contributed by atoms with Crippen molar-refractivity contribution in [2.45, 2.75) is 4.90 Å². The van der Waals surface area contributed by atoms with E-state index in [4.69, 9.17) is 0 Å². The molecule has 2 aliphatic rings. The van der Waals surface area contributed by atoms with Gasteiger partial charge in [0.1, 0.15) is 4.91 Å². The minimum absolute atomic E-state index is 0.234. The average Bonchev–Trinajstić information content (AvgIpc) is 2.92. The van der Waals surface area contributed by atoms with Gasteiger partial charge in [-0.05, 0) is 23.9 Å². The molecule has 3 rings (SSSR count). The molecule has 1 fully saturated rings. The van der Waals surface area contributed by atoms with Crippen molar-refractivity contribution in [3.05, 3.63) is 46.9 Å². The molecule has 2 aliphatic heterocycles. The third-order valence-corrected chi connectivity index (χ3v) is 5.43. The van der Waals surface area contributed by atoms with Crippen LogP contribution in [0.5, 0.6) is 0 Å². The van der Waals surface area contributed by atoms with Crippen LogP contribution in [0.15, 0.2) is 51.8 Å². The van der Waals surface area contributed by atoms with Crippen molar-refractivity contribution in [3.8, 4) is 0 Å². The lowest BCUT2D eigenvalue weighted by molar-refractivity contribution is -0.122. The van der Waals surface area contributed by atoms with Gasteiger partial charge in [0.05, 0.1) is 10.7 Å². The molecule has 20 heavy (non-hydrogen) atoms. The number of nitrogens with zero attached hydrogens (tertiary/aromatic N) is 2. The number of carbonyl (C=O) groups is 2. The fraction of sp³-hybridized carbons (Fsp3) is 0.143. The summed E-state index contributed by atoms with van der Waals surface area (Å²) in [5, 5.41) is 0.587. The van der Waals surface area contributed by atoms with Crippen molar-refractivity contribution in [1.82, 2.24) is 4.90 Å². The van der Waals surface area contributed by atoms with Gasteiger partial charge in [0.15, 0.2) is 0 Å². The molecule has 0 N–H and O–H groups in total. The highest BCUT2D eigenvalue weighted by Gasteiger charge is 2.39. The Morgan fingerprint density at radius 1 is 1.25 bits per heavy atom. The monoisotopic (exact) mass is 304 g/mol. The molecule has 1 aromatic carbocycles. The molecule has 4 nitrogen and oxygen atoms in total. The van der Waals surface area contributed by atoms with Crippen molar-refractivity contribution >= 4 is 40.4 Å². The van der Waals surface area contributed by atoms with Gasteiger partial charge in [-0.15, -0.1) is 6.58 Å². The standard InChI is InChI=1S/C14H12N2O2S2/c1-3-8-16-12(17)11(20-14(16)18)13-15(2)9-6-4-5-7-10(9)19-13/h3-7H,1,8H2,2H3/b13-11-. The summed E-state index contributed by atoms with van der Waals surface area (Å²) in [5.41, 5.74) is 1.06. The Morgan fingerprint density at radius 3 is 2.70 bits per heavy atom. The number of anilines is 1. The summed E-state index contributed by atoms with van der Waals surface area (Å²) >= 11 is 2.53. The smallest absolute Gasteiger partial charge is 0.293 e. The molecule has 0 aromatic heterocycles. The van der Waals surface area contributed by atoms with E-state index < -0.39 is 0 Å². The number of imide groups is 1. The Hall–Kier alpha value is -1.66. The quantitative estimate of drug-likeness (QED) is 0.619. The number of benzene rings is 1. The van der Waals surface area contributed by atoms with Gasteiger partial charge in [0.2, 0.25) is 0 Å². The predicted molar refractivity (Wildman–Crippen MR) is 82.6 cm³/mol. The summed E-state index contributed by atoms with van der Waals surface area (Å²) in [6.45, 7) is 3.83. The van der Waals surface area contributed by atoms with Gasteiger partial charge in [-0.2, -0.15) is 0 Å². The lowest BCUT2D eigenvalue weighted by atomic mass is 10.3. The number of thioether (sulfide) groups is 2. The van der Waals surface area contributed by atoms with Crippen molar-refractivity contribution in [2.24, 2.45) is 0 Å². The molecule has 0 saturated carbocycles. The summed E-state index contributed by atoms with van der Waals surface area (Å²) in [6, 6.07) is 7.94. The molecule has 102 valence electrons. The van der Waals surface area contributed by atoms with E-state index in [0.717, 1.165) is 27.4 Å². The van der Waals surface area contributed by atoms with E-state index in [-0.39, 0.29) is 17.7 Å². The molecule has 0 radical (unpaired) electrons. The summed E-state index contributed by atoms with van der Waals surface area (Å²) in [5.74, 6) is -0.234. The van der Waals surface area contributed by atoms with Crippen molar-refractivity contribution < 1.29 is 9.59 Å². The largest absolute Gasteiger partial charge is 0.337 e. The normalized spacial score (nSPS) is 21.6. The van der Waals surface area contributed by atoms with Crippen LogP contribution < -0.4 is 4.90 Å². The van der Waals surface area contributed by atoms with Crippen LogP contribution in [0.3, 0.4) is 0 Å². The third kappa shape index (κ3) is 1.96. The molecular weight excluding hydrogens is 292 g/mol. The maximum atomic E-state index is 12.3. The number of rotatable bonds is 2. The first kappa shape index (κ1) is 13.3. The number of fused-ring (bicyclic) bond motifs is 1. The van der Waals surface area contributed by atoms with Crippen LogP contribution in [0.4, 0.5) is 10.5 Å². The molecule has 1 saturated heterocycles. The highest BCUT2D eigenvalue weighted by molar-refractivity contribution is 8.19. The highest BCUT2D eigenvalue weighted by Crippen LogP contribution is 2.49. The molecule has 2 amide bonds. The number of amides is 2. The second kappa shape index (κ2) is 5.03. The summed E-state index contributed by atoms with van der Waals surface area (Å²) in [7, 11) is 1.91. The van der Waals surface area contributed by atoms with Crippen molar-refractivity contribution in [3.63, 3.8) is 0 Å². The van der Waals surface area contributed by atoms with Crippen LogP contribution >= 0.6 is 23.5 Å². The molecule has 1 aromatic rings. The van der Waals surface area contributed by atoms with Gasteiger partial charge in [0, 0.05) is 18.5 Å². The van der Waals surface area contributed by atoms with Crippen LogP contribution in [0.2, 0.25) is 0 Å². The Morgan fingerprint density at radius 2 is 2.00 bits per heavy atom. The lowest BCUT2D eigenvalue weighted by Crippen LogP contribution is -2.28. The van der Waals surface area contributed by atoms with Crippen LogP contribution in [-0.4, -0.2) is 29.6 Å². The van der Waals surface area contributed by atoms with Crippen LogP contribution in [0.1, 0.15) is 0 Å². The fourth-order valence-corrected chi connectivity index (χ4v) is 4.31. The molecular formula is C14H12N2O2S2. The number of para-hydroxylation sites is 1. The van der Waals surface area contributed by atoms with Crippen molar-refractivity contribution in [2.75, 3.05) is 18.5 Å². The Kier molecular flexibility index (Phi) is 3.35. The SMILES string of the molecule is C=CCN1C(=O)S/C(=C2\Sc3ccccc3N2C)C1=O. The molecule has 0 aliphatic carbocycles. The maximum absolute atomic E-state index is 12.3. The molecule has 0 bridgehead atoms. The summed E-state index contributed by atoms with van der Waals surface area (Å²) in [4.78, 5) is 29.0. The Labute approximate surface area is 125 Å². The fourth-order valence-electron chi connectivity index (χ4n) is 2.11. The van der Waals surface area contributed by atoms with Gasteiger partial charge in [0.25, 0.3) is 11.1 Å². The second-order valence-electron chi connectivity index (χ2n) is 4.34. The minimum atomic E-state index is -0.234.